The number of amides is 2. The molecule has 0 unspecified atom stereocenters. The molecule has 1 aromatic heterocycles. The van der Waals surface area contributed by atoms with Crippen LogP contribution in [0.2, 0.25) is 0 Å². The van der Waals surface area contributed by atoms with Crippen molar-refractivity contribution in [2.45, 2.75) is 57.1 Å². The van der Waals surface area contributed by atoms with E-state index in [0.29, 0.717) is 38.1 Å². The summed E-state index contributed by atoms with van der Waals surface area (Å²) in [7, 11) is 0. The van der Waals surface area contributed by atoms with Crippen LogP contribution in [0.15, 0.2) is 22.8 Å². The number of hydrogen-bond acceptors (Lipinski definition) is 5. The molecule has 2 saturated heterocycles. The number of nitrogens with zero attached hydrogens (tertiary/aromatic N) is 2. The van der Waals surface area contributed by atoms with Crippen LogP contribution in [-0.2, 0) is 9.59 Å². The zero-order valence-corrected chi connectivity index (χ0v) is 14.0. The van der Waals surface area contributed by atoms with Crippen molar-refractivity contribution in [1.29, 1.82) is 0 Å². The van der Waals surface area contributed by atoms with E-state index < -0.39 is 6.10 Å². The number of aliphatic hydroxyl groups is 1. The lowest BCUT2D eigenvalue weighted by atomic mass is 10.0. The van der Waals surface area contributed by atoms with Gasteiger partial charge in [-0.15, -0.1) is 0 Å². The Morgan fingerprint density at radius 3 is 2.67 bits per heavy atom. The average Bonchev–Trinajstić information content (AvgIpc) is 3.15. The minimum absolute atomic E-state index is 0.0537. The van der Waals surface area contributed by atoms with E-state index in [1.165, 1.54) is 11.3 Å². The smallest absolute Gasteiger partial charge is 0.229 e. The third-order valence-corrected chi connectivity index (χ3v) is 5.13. The van der Waals surface area contributed by atoms with Crippen LogP contribution in [0.25, 0.3) is 0 Å². The van der Waals surface area contributed by atoms with E-state index in [4.69, 9.17) is 4.42 Å². The van der Waals surface area contributed by atoms with Crippen molar-refractivity contribution in [3.8, 4) is 0 Å². The molecule has 3 heterocycles. The standard InChI is InChI=1S/C18H26N2O4/c21-15(16-6-4-12-24-16)13-14-5-2-1-3-9-19(14)10-11-20-17(22)7-8-18(20)23/h4,6,12,14-15,21H,1-3,5,7-11,13H2/t14-,15+/m1/s1. The summed E-state index contributed by atoms with van der Waals surface area (Å²) in [5, 5.41) is 10.4. The van der Waals surface area contributed by atoms with Gasteiger partial charge in [0.15, 0.2) is 0 Å². The monoisotopic (exact) mass is 334 g/mol. The Hall–Kier alpha value is -1.66. The van der Waals surface area contributed by atoms with E-state index in [1.807, 2.05) is 0 Å². The van der Waals surface area contributed by atoms with Crippen molar-refractivity contribution >= 4 is 11.8 Å². The molecule has 2 fully saturated rings. The van der Waals surface area contributed by atoms with Crippen LogP contribution in [-0.4, -0.2) is 52.4 Å². The predicted molar refractivity (Wildman–Crippen MR) is 88.1 cm³/mol. The zero-order chi connectivity index (χ0) is 16.9. The quantitative estimate of drug-likeness (QED) is 0.807. The summed E-state index contributed by atoms with van der Waals surface area (Å²) in [5.74, 6) is 0.494. The fourth-order valence-corrected chi connectivity index (χ4v) is 3.75. The van der Waals surface area contributed by atoms with Gasteiger partial charge in [0.1, 0.15) is 11.9 Å². The van der Waals surface area contributed by atoms with Gasteiger partial charge < -0.3 is 9.52 Å². The number of carbonyl (C=O) groups excluding carboxylic acids is 2. The summed E-state index contributed by atoms with van der Waals surface area (Å²) >= 11 is 0. The molecule has 1 aromatic rings. The van der Waals surface area contributed by atoms with Crippen LogP contribution in [0, 0.1) is 0 Å². The molecule has 3 rings (SSSR count). The number of rotatable bonds is 6. The lowest BCUT2D eigenvalue weighted by Crippen LogP contribution is -2.43. The van der Waals surface area contributed by atoms with E-state index >= 15 is 0 Å². The fourth-order valence-electron chi connectivity index (χ4n) is 3.75. The first kappa shape index (κ1) is 17.2. The van der Waals surface area contributed by atoms with E-state index in [1.54, 1.807) is 18.4 Å². The van der Waals surface area contributed by atoms with Crippen LogP contribution in [0.4, 0.5) is 0 Å². The molecule has 2 atom stereocenters. The molecule has 24 heavy (non-hydrogen) atoms. The van der Waals surface area contributed by atoms with E-state index in [9.17, 15) is 14.7 Å². The maximum absolute atomic E-state index is 11.8. The van der Waals surface area contributed by atoms with Gasteiger partial charge >= 0.3 is 0 Å². The number of furan rings is 1. The summed E-state index contributed by atoms with van der Waals surface area (Å²) in [6.45, 7) is 2.10. The molecule has 0 radical (unpaired) electrons. The molecule has 0 bridgehead atoms. The SMILES string of the molecule is O=C1CCC(=O)N1CCN1CCCCC[C@@H]1C[C@H](O)c1ccco1. The highest BCUT2D eigenvalue weighted by Gasteiger charge is 2.30. The molecule has 0 saturated carbocycles. The first-order valence-corrected chi connectivity index (χ1v) is 8.94. The summed E-state index contributed by atoms with van der Waals surface area (Å²) < 4.78 is 5.31. The second-order valence-corrected chi connectivity index (χ2v) is 6.75. The van der Waals surface area contributed by atoms with Gasteiger partial charge in [-0.05, 0) is 37.9 Å². The van der Waals surface area contributed by atoms with Gasteiger partial charge in [-0.2, -0.15) is 0 Å². The lowest BCUT2D eigenvalue weighted by molar-refractivity contribution is -0.138. The van der Waals surface area contributed by atoms with Gasteiger partial charge in [-0.1, -0.05) is 12.8 Å². The van der Waals surface area contributed by atoms with Crippen molar-refractivity contribution in [2.24, 2.45) is 0 Å². The molecule has 0 spiro atoms. The van der Waals surface area contributed by atoms with Crippen molar-refractivity contribution in [2.75, 3.05) is 19.6 Å². The molecule has 2 aliphatic rings. The van der Waals surface area contributed by atoms with Gasteiger partial charge in [0.2, 0.25) is 11.8 Å². The lowest BCUT2D eigenvalue weighted by Gasteiger charge is -2.32. The Morgan fingerprint density at radius 1 is 1.17 bits per heavy atom. The van der Waals surface area contributed by atoms with Crippen molar-refractivity contribution in [3.63, 3.8) is 0 Å². The molecule has 132 valence electrons. The Balaban J connectivity index is 1.59. The van der Waals surface area contributed by atoms with Crippen LogP contribution in [0.5, 0.6) is 0 Å². The topological polar surface area (TPSA) is 74.0 Å². The number of carbonyl (C=O) groups is 2. The molecule has 1 N–H and O–H groups in total. The molecular weight excluding hydrogens is 308 g/mol. The highest BCUT2D eigenvalue weighted by Crippen LogP contribution is 2.26. The third-order valence-electron chi connectivity index (χ3n) is 5.13. The third kappa shape index (κ3) is 4.05. The summed E-state index contributed by atoms with van der Waals surface area (Å²) in [5.41, 5.74) is 0. The van der Waals surface area contributed by atoms with Crippen LogP contribution < -0.4 is 0 Å². The highest BCUT2D eigenvalue weighted by atomic mass is 16.4. The summed E-state index contributed by atoms with van der Waals surface area (Å²) in [6.07, 6.45) is 6.76. The van der Waals surface area contributed by atoms with Gasteiger partial charge in [0.05, 0.1) is 6.26 Å². The number of hydrogen-bond donors (Lipinski definition) is 1. The van der Waals surface area contributed by atoms with Crippen molar-refractivity contribution < 1.29 is 19.1 Å². The van der Waals surface area contributed by atoms with Crippen LogP contribution >= 0.6 is 0 Å². The minimum Gasteiger partial charge on any atom is -0.467 e. The zero-order valence-electron chi connectivity index (χ0n) is 14.0. The number of aliphatic hydroxyl groups excluding tert-OH is 1. The molecule has 6 heteroatoms. The molecule has 2 amide bonds. The van der Waals surface area contributed by atoms with Crippen LogP contribution in [0.1, 0.15) is 56.8 Å². The molecular formula is C18H26N2O4. The second-order valence-electron chi connectivity index (χ2n) is 6.75. The van der Waals surface area contributed by atoms with Crippen molar-refractivity contribution in [3.05, 3.63) is 24.2 Å². The second kappa shape index (κ2) is 7.94. The Bertz CT molecular complexity index is 541. The molecule has 6 nitrogen and oxygen atoms in total. The molecule has 0 aromatic carbocycles. The Morgan fingerprint density at radius 2 is 1.96 bits per heavy atom. The van der Waals surface area contributed by atoms with Crippen LogP contribution in [0.3, 0.4) is 0 Å². The average molecular weight is 334 g/mol. The molecule has 0 aliphatic carbocycles. The summed E-state index contributed by atoms with van der Waals surface area (Å²) in [4.78, 5) is 27.3. The maximum atomic E-state index is 11.8. The number of imide groups is 1. The van der Waals surface area contributed by atoms with Gasteiger partial charge in [0.25, 0.3) is 0 Å². The van der Waals surface area contributed by atoms with Gasteiger partial charge in [0, 0.05) is 32.0 Å². The van der Waals surface area contributed by atoms with E-state index in [2.05, 4.69) is 4.90 Å². The Kier molecular flexibility index (Phi) is 5.68. The minimum atomic E-state index is -0.611. The first-order valence-electron chi connectivity index (χ1n) is 8.94. The van der Waals surface area contributed by atoms with E-state index in [-0.39, 0.29) is 17.9 Å². The largest absolute Gasteiger partial charge is 0.467 e. The Labute approximate surface area is 142 Å². The normalized spacial score (nSPS) is 24.4. The van der Waals surface area contributed by atoms with Crippen molar-refractivity contribution in [1.82, 2.24) is 9.80 Å². The van der Waals surface area contributed by atoms with E-state index in [0.717, 1.165) is 25.8 Å². The predicted octanol–water partition coefficient (Wildman–Crippen LogP) is 2.10. The van der Waals surface area contributed by atoms with Gasteiger partial charge in [-0.3, -0.25) is 19.4 Å². The highest BCUT2D eigenvalue weighted by molar-refractivity contribution is 6.01. The molecule has 2 aliphatic heterocycles. The summed E-state index contributed by atoms with van der Waals surface area (Å²) in [6, 6.07) is 3.83. The maximum Gasteiger partial charge on any atom is 0.229 e. The van der Waals surface area contributed by atoms with Gasteiger partial charge in [-0.25, -0.2) is 0 Å². The first-order chi connectivity index (χ1) is 11.6. The fraction of sp³-hybridized carbons (Fsp3) is 0.667. The number of likely N-dealkylation sites (tertiary alicyclic amines) is 2.